The van der Waals surface area contributed by atoms with Gasteiger partial charge >= 0.3 is 0 Å². The van der Waals surface area contributed by atoms with E-state index in [1.165, 1.54) is 12.1 Å². The molecule has 0 bridgehead atoms. The molecule has 6 nitrogen and oxygen atoms in total. The smallest absolute Gasteiger partial charge is 0.281 e. The van der Waals surface area contributed by atoms with Gasteiger partial charge in [0.2, 0.25) is 0 Å². The highest BCUT2D eigenvalue weighted by atomic mass is 32.2. The van der Waals surface area contributed by atoms with Crippen LogP contribution in [0.5, 0.6) is 0 Å². The molecule has 18 heavy (non-hydrogen) atoms. The van der Waals surface area contributed by atoms with Crippen LogP contribution in [0.3, 0.4) is 0 Å². The van der Waals surface area contributed by atoms with Crippen LogP contribution in [0.1, 0.15) is 0 Å². The number of benzene rings is 1. The first kappa shape index (κ1) is 12.7. The maximum atomic E-state index is 11.4. The van der Waals surface area contributed by atoms with Gasteiger partial charge in [0.05, 0.1) is 4.90 Å². The van der Waals surface area contributed by atoms with E-state index in [0.29, 0.717) is 10.6 Å². The topological polar surface area (TPSA) is 80.1 Å². The highest BCUT2D eigenvalue weighted by Gasteiger charge is 2.12. The molecule has 2 aromatic rings. The minimum Gasteiger partial charge on any atom is -0.303 e. The highest BCUT2D eigenvalue weighted by molar-refractivity contribution is 7.90. The third kappa shape index (κ3) is 2.12. The Bertz CT molecular complexity index is 741. The lowest BCUT2D eigenvalue weighted by molar-refractivity contribution is 0.598. The molecule has 0 aliphatic heterocycles. The number of nitrogens with zero attached hydrogens (tertiary/aromatic N) is 3. The summed E-state index contributed by atoms with van der Waals surface area (Å²) in [6.45, 7) is 3.03. The van der Waals surface area contributed by atoms with Crippen LogP contribution in [0.25, 0.3) is 11.4 Å². The Labute approximate surface area is 109 Å². The number of rotatable bonds is 3. The summed E-state index contributed by atoms with van der Waals surface area (Å²) in [7, 11) is -1.87. The molecule has 94 valence electrons. The Morgan fingerprint density at radius 2 is 2.00 bits per heavy atom. The predicted octanol–water partition coefficient (Wildman–Crippen LogP) is 1.53. The summed E-state index contributed by atoms with van der Waals surface area (Å²) >= 11 is 5.00. The van der Waals surface area contributed by atoms with Gasteiger partial charge in [-0.25, -0.2) is 0 Å². The van der Waals surface area contributed by atoms with Crippen molar-refractivity contribution in [1.29, 1.82) is 0 Å². The van der Waals surface area contributed by atoms with E-state index < -0.39 is 10.0 Å². The second-order valence-corrected chi connectivity index (χ2v) is 5.61. The first-order chi connectivity index (χ1) is 8.45. The van der Waals surface area contributed by atoms with Crippen molar-refractivity contribution in [3.63, 3.8) is 0 Å². The maximum Gasteiger partial charge on any atom is 0.281 e. The predicted molar refractivity (Wildman–Crippen MR) is 70.6 cm³/mol. The van der Waals surface area contributed by atoms with Gasteiger partial charge in [-0.3, -0.25) is 5.10 Å². The van der Waals surface area contributed by atoms with Gasteiger partial charge < -0.3 is 4.57 Å². The lowest BCUT2D eigenvalue weighted by atomic mass is 10.2. The van der Waals surface area contributed by atoms with Crippen molar-refractivity contribution in [3.8, 4) is 11.4 Å². The van der Waals surface area contributed by atoms with E-state index in [-0.39, 0.29) is 4.90 Å². The second-order valence-electron chi connectivity index (χ2n) is 3.54. The van der Waals surface area contributed by atoms with E-state index in [0.717, 1.165) is 5.56 Å². The fourth-order valence-electron chi connectivity index (χ4n) is 1.46. The van der Waals surface area contributed by atoms with E-state index in [1.807, 2.05) is 0 Å². The maximum absolute atomic E-state index is 11.4. The minimum atomic E-state index is -3.64. The zero-order valence-corrected chi connectivity index (χ0v) is 11.1. The third-order valence-electron chi connectivity index (χ3n) is 2.46. The van der Waals surface area contributed by atoms with Crippen LogP contribution in [0.15, 0.2) is 33.6 Å². The van der Waals surface area contributed by atoms with Gasteiger partial charge in [-0.05, 0) is 36.5 Å². The van der Waals surface area contributed by atoms with Gasteiger partial charge in [-0.2, -0.15) is 17.9 Å². The summed E-state index contributed by atoms with van der Waals surface area (Å²) in [5.41, 5.74) is 0.757. The molecule has 0 amide bonds. The standard InChI is InChI=1S/C10H10N4O2S2/c1-11-18(15,16)8-5-3-7(4-6-8)9-12-13-10(17)14(9)2/h3-6H,1H2,2H3,(H,13,17). The van der Waals surface area contributed by atoms with Crippen LogP contribution in [-0.2, 0) is 17.1 Å². The average Bonchev–Trinajstić information content (AvgIpc) is 2.70. The first-order valence-electron chi connectivity index (χ1n) is 4.90. The summed E-state index contributed by atoms with van der Waals surface area (Å²) in [5, 5.41) is 6.72. The van der Waals surface area contributed by atoms with Crippen molar-refractivity contribution >= 4 is 29.0 Å². The molecule has 2 rings (SSSR count). The highest BCUT2D eigenvalue weighted by Crippen LogP contribution is 2.19. The SMILES string of the molecule is C=NS(=O)(=O)c1ccc(-c2n[nH]c(=S)n2C)cc1. The molecule has 0 spiro atoms. The summed E-state index contributed by atoms with van der Waals surface area (Å²) < 4.78 is 28.2. The summed E-state index contributed by atoms with van der Waals surface area (Å²) in [5.74, 6) is 0.635. The quantitative estimate of drug-likeness (QED) is 0.684. The van der Waals surface area contributed by atoms with Crippen LogP contribution in [0, 0.1) is 4.77 Å². The number of nitrogens with one attached hydrogen (secondary N) is 1. The number of sulfonamides is 1. The van der Waals surface area contributed by atoms with Crippen LogP contribution < -0.4 is 0 Å². The van der Waals surface area contributed by atoms with E-state index in [4.69, 9.17) is 12.2 Å². The third-order valence-corrected chi connectivity index (χ3v) is 4.03. The Morgan fingerprint density at radius 3 is 2.44 bits per heavy atom. The Hall–Kier alpha value is -1.80. The van der Waals surface area contributed by atoms with Crippen molar-refractivity contribution in [2.75, 3.05) is 0 Å². The molecular weight excluding hydrogens is 272 g/mol. The average molecular weight is 282 g/mol. The number of hydrogen-bond donors (Lipinski definition) is 1. The molecule has 0 saturated heterocycles. The van der Waals surface area contributed by atoms with Crippen molar-refractivity contribution in [1.82, 2.24) is 14.8 Å². The van der Waals surface area contributed by atoms with E-state index in [2.05, 4.69) is 21.3 Å². The fourth-order valence-corrected chi connectivity index (χ4v) is 2.22. The Kier molecular flexibility index (Phi) is 3.14. The largest absolute Gasteiger partial charge is 0.303 e. The van der Waals surface area contributed by atoms with Crippen molar-refractivity contribution < 1.29 is 8.42 Å². The van der Waals surface area contributed by atoms with Gasteiger partial charge in [0.15, 0.2) is 10.6 Å². The lowest BCUT2D eigenvalue weighted by Crippen LogP contribution is -1.97. The molecule has 0 saturated carbocycles. The first-order valence-corrected chi connectivity index (χ1v) is 6.75. The molecule has 0 unspecified atom stereocenters. The van der Waals surface area contributed by atoms with Crippen LogP contribution in [-0.4, -0.2) is 29.9 Å². The fraction of sp³-hybridized carbons (Fsp3) is 0.100. The summed E-state index contributed by atoms with van der Waals surface area (Å²) in [4.78, 5) is 0.0954. The van der Waals surface area contributed by atoms with Gasteiger partial charge in [-0.15, -0.1) is 0 Å². The number of H-pyrrole nitrogens is 1. The molecule has 0 fully saturated rings. The van der Waals surface area contributed by atoms with Crippen molar-refractivity contribution in [3.05, 3.63) is 29.0 Å². The van der Waals surface area contributed by atoms with Crippen LogP contribution in [0.4, 0.5) is 0 Å². The Morgan fingerprint density at radius 1 is 1.39 bits per heavy atom. The molecule has 0 aliphatic rings. The normalized spacial score (nSPS) is 11.4. The molecule has 1 aromatic heterocycles. The van der Waals surface area contributed by atoms with Gasteiger partial charge in [-0.1, -0.05) is 0 Å². The van der Waals surface area contributed by atoms with Crippen molar-refractivity contribution in [2.24, 2.45) is 11.4 Å². The molecule has 0 aliphatic carbocycles. The van der Waals surface area contributed by atoms with Crippen molar-refractivity contribution in [2.45, 2.75) is 4.90 Å². The summed E-state index contributed by atoms with van der Waals surface area (Å²) in [6, 6.07) is 6.19. The molecule has 0 atom stereocenters. The zero-order valence-electron chi connectivity index (χ0n) is 9.49. The number of hydrogen-bond acceptors (Lipinski definition) is 4. The van der Waals surface area contributed by atoms with E-state index >= 15 is 0 Å². The zero-order chi connectivity index (χ0) is 13.3. The molecular formula is C10H10N4O2S2. The molecule has 1 aromatic carbocycles. The number of aromatic nitrogens is 3. The Balaban J connectivity index is 2.49. The van der Waals surface area contributed by atoms with Gasteiger partial charge in [0.25, 0.3) is 10.0 Å². The number of aromatic amines is 1. The van der Waals surface area contributed by atoms with Gasteiger partial charge in [0, 0.05) is 19.3 Å². The monoisotopic (exact) mass is 282 g/mol. The van der Waals surface area contributed by atoms with Crippen LogP contribution in [0.2, 0.25) is 0 Å². The van der Waals surface area contributed by atoms with E-state index in [1.54, 1.807) is 23.7 Å². The molecule has 1 N–H and O–H groups in total. The molecule has 8 heteroatoms. The lowest BCUT2D eigenvalue weighted by Gasteiger charge is -2.02. The molecule has 1 heterocycles. The summed E-state index contributed by atoms with van der Waals surface area (Å²) in [6.07, 6.45) is 0. The van der Waals surface area contributed by atoms with E-state index in [9.17, 15) is 8.42 Å². The van der Waals surface area contributed by atoms with Crippen LogP contribution >= 0.6 is 12.2 Å². The molecule has 0 radical (unpaired) electrons. The second kappa shape index (κ2) is 4.46. The van der Waals surface area contributed by atoms with Gasteiger partial charge in [0.1, 0.15) is 0 Å². The minimum absolute atomic E-state index is 0.0954.